The Morgan fingerprint density at radius 2 is 1.68 bits per heavy atom. The number of aromatic nitrogens is 2. The van der Waals surface area contributed by atoms with Gasteiger partial charge in [-0.15, -0.1) is 0 Å². The van der Waals surface area contributed by atoms with E-state index >= 15 is 0 Å². The molecule has 2 atom stereocenters. The molecule has 0 radical (unpaired) electrons. The summed E-state index contributed by atoms with van der Waals surface area (Å²) < 4.78 is 4.55. The van der Waals surface area contributed by atoms with Crippen molar-refractivity contribution in [1.29, 1.82) is 0 Å². The summed E-state index contributed by atoms with van der Waals surface area (Å²) in [5, 5.41) is 2.50. The molecule has 1 amide bonds. The first-order valence-electron chi connectivity index (χ1n) is 13.5. The van der Waals surface area contributed by atoms with Gasteiger partial charge in [-0.1, -0.05) is 73.7 Å². The van der Waals surface area contributed by atoms with Crippen LogP contribution in [0.15, 0.2) is 91.0 Å². The first-order valence-corrected chi connectivity index (χ1v) is 13.5. The largest absolute Gasteiger partial charge is 0.353 e. The average molecular weight is 502 g/mol. The molecular formula is C33H33N4O+. The average Bonchev–Trinajstić information content (AvgIpc) is 3.51. The third kappa shape index (κ3) is 3.31. The molecule has 190 valence electrons. The normalized spacial score (nSPS) is 20.3. The van der Waals surface area contributed by atoms with E-state index < -0.39 is 0 Å². The maximum absolute atomic E-state index is 14.0. The molecule has 5 nitrogen and oxygen atoms in total. The van der Waals surface area contributed by atoms with Crippen LogP contribution in [0.5, 0.6) is 0 Å². The van der Waals surface area contributed by atoms with E-state index in [-0.39, 0.29) is 17.5 Å². The third-order valence-corrected chi connectivity index (χ3v) is 9.02. The van der Waals surface area contributed by atoms with E-state index in [0.717, 1.165) is 36.4 Å². The first-order chi connectivity index (χ1) is 18.5. The number of carbonyl (C=O) groups excluding carboxylic acids is 1. The quantitative estimate of drug-likeness (QED) is 0.309. The SMILES string of the molecule is Cc1n(CC(=O)N2CCC3(C)c4ccccc4N(C)C23)c2ccccc2[n+]1Cc1ccc2ccccc2c1. The van der Waals surface area contributed by atoms with Crippen LogP contribution >= 0.6 is 0 Å². The van der Waals surface area contributed by atoms with Crippen LogP contribution in [-0.4, -0.2) is 35.1 Å². The molecule has 5 aromatic rings. The molecule has 38 heavy (non-hydrogen) atoms. The van der Waals surface area contributed by atoms with E-state index in [9.17, 15) is 4.79 Å². The molecule has 1 saturated heterocycles. The molecule has 0 spiro atoms. The highest BCUT2D eigenvalue weighted by Crippen LogP contribution is 2.51. The summed E-state index contributed by atoms with van der Waals surface area (Å²) in [5.74, 6) is 1.28. The molecule has 0 saturated carbocycles. The number of likely N-dealkylation sites (tertiary alicyclic amines) is 1. The van der Waals surface area contributed by atoms with E-state index in [2.05, 4.69) is 131 Å². The van der Waals surface area contributed by atoms with Crippen LogP contribution in [0.2, 0.25) is 0 Å². The number of likely N-dealkylation sites (N-methyl/N-ethyl adjacent to an activating group) is 1. The Labute approximate surface area is 223 Å². The van der Waals surface area contributed by atoms with Gasteiger partial charge in [0.1, 0.15) is 12.7 Å². The minimum absolute atomic E-state index is 0.0369. The summed E-state index contributed by atoms with van der Waals surface area (Å²) in [4.78, 5) is 18.4. The van der Waals surface area contributed by atoms with Gasteiger partial charge in [-0.3, -0.25) is 4.79 Å². The highest BCUT2D eigenvalue weighted by atomic mass is 16.2. The highest BCUT2D eigenvalue weighted by molar-refractivity contribution is 5.83. The summed E-state index contributed by atoms with van der Waals surface area (Å²) in [7, 11) is 2.13. The summed E-state index contributed by atoms with van der Waals surface area (Å²) in [6, 6.07) is 32.3. The standard InChI is InChI=1S/C33H33N4O/c1-23-36(21-24-16-17-25-10-4-5-11-26(25)20-24)29-14-8-9-15-30(29)37(23)22-31(38)35-19-18-33(2)27-12-6-7-13-28(27)34(3)32(33)35/h4-17,20,32H,18-19,21-22H2,1-3H3/q+1. The molecule has 0 aliphatic carbocycles. The Balaban J connectivity index is 1.22. The maximum atomic E-state index is 14.0. The molecule has 7 rings (SSSR count). The van der Waals surface area contributed by atoms with Crippen molar-refractivity contribution in [2.24, 2.45) is 0 Å². The highest BCUT2D eigenvalue weighted by Gasteiger charge is 2.54. The molecule has 0 bridgehead atoms. The second-order valence-electron chi connectivity index (χ2n) is 11.1. The lowest BCUT2D eigenvalue weighted by Crippen LogP contribution is -2.50. The van der Waals surface area contributed by atoms with Crippen molar-refractivity contribution in [1.82, 2.24) is 9.47 Å². The second kappa shape index (κ2) is 8.45. The van der Waals surface area contributed by atoms with Gasteiger partial charge in [-0.2, -0.15) is 0 Å². The van der Waals surface area contributed by atoms with Crippen LogP contribution in [0.3, 0.4) is 0 Å². The van der Waals surface area contributed by atoms with E-state index in [0.29, 0.717) is 6.54 Å². The van der Waals surface area contributed by atoms with E-state index in [4.69, 9.17) is 0 Å². The summed E-state index contributed by atoms with van der Waals surface area (Å²) >= 11 is 0. The third-order valence-electron chi connectivity index (χ3n) is 9.02. The number of fused-ring (bicyclic) bond motifs is 5. The number of amides is 1. The molecule has 2 aliphatic rings. The zero-order chi connectivity index (χ0) is 26.0. The maximum Gasteiger partial charge on any atom is 0.266 e. The zero-order valence-corrected chi connectivity index (χ0v) is 22.3. The van der Waals surface area contributed by atoms with Crippen molar-refractivity contribution in [2.45, 2.75) is 44.9 Å². The van der Waals surface area contributed by atoms with Gasteiger partial charge < -0.3 is 9.80 Å². The molecule has 2 aliphatic heterocycles. The lowest BCUT2D eigenvalue weighted by Gasteiger charge is -2.34. The van der Waals surface area contributed by atoms with Crippen LogP contribution in [-0.2, 0) is 23.3 Å². The van der Waals surface area contributed by atoms with Crippen LogP contribution in [0.4, 0.5) is 5.69 Å². The van der Waals surface area contributed by atoms with Crippen LogP contribution in [0.25, 0.3) is 21.8 Å². The number of rotatable bonds is 4. The topological polar surface area (TPSA) is 32.4 Å². The van der Waals surface area contributed by atoms with Crippen molar-refractivity contribution in [3.8, 4) is 0 Å². The molecular weight excluding hydrogens is 468 g/mol. The molecule has 1 fully saturated rings. The number of para-hydroxylation sites is 3. The lowest BCUT2D eigenvalue weighted by atomic mass is 9.81. The van der Waals surface area contributed by atoms with Crippen LogP contribution in [0, 0.1) is 6.92 Å². The van der Waals surface area contributed by atoms with Crippen molar-refractivity contribution in [3.63, 3.8) is 0 Å². The number of hydrogen-bond acceptors (Lipinski definition) is 2. The summed E-state index contributed by atoms with van der Waals surface area (Å²) in [6.45, 7) is 6.35. The predicted molar refractivity (Wildman–Crippen MR) is 152 cm³/mol. The Morgan fingerprint density at radius 3 is 2.55 bits per heavy atom. The van der Waals surface area contributed by atoms with Crippen LogP contribution < -0.4 is 9.47 Å². The Hall–Kier alpha value is -4.12. The van der Waals surface area contributed by atoms with Gasteiger partial charge in [0.2, 0.25) is 0 Å². The van der Waals surface area contributed by atoms with Gasteiger partial charge >= 0.3 is 0 Å². The van der Waals surface area contributed by atoms with Crippen molar-refractivity contribution in [2.75, 3.05) is 18.5 Å². The van der Waals surface area contributed by atoms with Gasteiger partial charge in [0, 0.05) is 31.6 Å². The number of nitrogens with zero attached hydrogens (tertiary/aromatic N) is 4. The molecule has 3 heterocycles. The van der Waals surface area contributed by atoms with Crippen molar-refractivity contribution < 1.29 is 9.36 Å². The minimum atomic E-state index is -0.0369. The fraction of sp³-hybridized carbons (Fsp3) is 0.273. The lowest BCUT2D eigenvalue weighted by molar-refractivity contribution is -0.669. The number of hydrogen-bond donors (Lipinski definition) is 0. The predicted octanol–water partition coefficient (Wildman–Crippen LogP) is 5.40. The smallest absolute Gasteiger partial charge is 0.266 e. The first kappa shape index (κ1) is 23.0. The van der Waals surface area contributed by atoms with Gasteiger partial charge in [0.15, 0.2) is 17.6 Å². The van der Waals surface area contributed by atoms with E-state index in [1.165, 1.54) is 27.6 Å². The molecule has 2 unspecified atom stereocenters. The number of imidazole rings is 1. The number of anilines is 1. The summed E-state index contributed by atoms with van der Waals surface area (Å²) in [6.07, 6.45) is 1.04. The number of carbonyl (C=O) groups is 1. The van der Waals surface area contributed by atoms with E-state index in [1.54, 1.807) is 0 Å². The van der Waals surface area contributed by atoms with Gasteiger partial charge in [-0.05, 0) is 52.6 Å². The Bertz CT molecular complexity index is 1720. The second-order valence-corrected chi connectivity index (χ2v) is 11.1. The van der Waals surface area contributed by atoms with E-state index in [1.807, 2.05) is 0 Å². The van der Waals surface area contributed by atoms with Crippen molar-refractivity contribution in [3.05, 3.63) is 108 Å². The summed E-state index contributed by atoms with van der Waals surface area (Å²) in [5.41, 5.74) is 6.08. The molecule has 5 heteroatoms. The van der Waals surface area contributed by atoms with Crippen molar-refractivity contribution >= 4 is 33.4 Å². The Kier molecular flexibility index (Phi) is 5.12. The monoisotopic (exact) mass is 501 g/mol. The Morgan fingerprint density at radius 1 is 0.947 bits per heavy atom. The molecule has 1 aromatic heterocycles. The minimum Gasteiger partial charge on any atom is -0.353 e. The van der Waals surface area contributed by atoms with Gasteiger partial charge in [-0.25, -0.2) is 9.13 Å². The van der Waals surface area contributed by atoms with Crippen LogP contribution in [0.1, 0.15) is 30.3 Å². The fourth-order valence-electron chi connectivity index (χ4n) is 7.08. The van der Waals surface area contributed by atoms with Gasteiger partial charge in [0.05, 0.1) is 0 Å². The fourth-order valence-corrected chi connectivity index (χ4v) is 7.08. The molecule has 4 aromatic carbocycles. The number of benzene rings is 4. The van der Waals surface area contributed by atoms with Gasteiger partial charge in [0.25, 0.3) is 11.7 Å². The zero-order valence-electron chi connectivity index (χ0n) is 22.3. The molecule has 0 N–H and O–H groups in total.